The lowest BCUT2D eigenvalue weighted by molar-refractivity contribution is -0.127. The topological polar surface area (TPSA) is 141 Å². The van der Waals surface area contributed by atoms with Crippen LogP contribution in [0.5, 0.6) is 5.75 Å². The molecule has 202 valence electrons. The number of Topliss-reactive ketones (excluding diaryl/α,β-unsaturated/α-hetero) is 2. The molecule has 1 amide bonds. The number of aromatic hydroxyl groups is 1. The van der Waals surface area contributed by atoms with Crippen LogP contribution in [0.1, 0.15) is 54.4 Å². The average Bonchev–Trinajstić information content (AvgIpc) is 2.85. The van der Waals surface area contributed by atoms with Crippen molar-refractivity contribution >= 4 is 29.1 Å². The van der Waals surface area contributed by atoms with Gasteiger partial charge in [-0.1, -0.05) is 6.42 Å². The number of nitrogens with two attached hydrogens (primary N) is 1. The molecule has 1 aromatic rings. The first-order chi connectivity index (χ1) is 18.0. The summed E-state index contributed by atoms with van der Waals surface area (Å²) >= 11 is 0. The summed E-state index contributed by atoms with van der Waals surface area (Å²) in [4.78, 5) is 39.7. The molecule has 0 aromatic heterocycles. The van der Waals surface area contributed by atoms with E-state index in [-0.39, 0.29) is 48.1 Å². The smallest absolute Gasteiger partial charge is 0.306 e. The van der Waals surface area contributed by atoms with Gasteiger partial charge in [-0.15, -0.1) is 0 Å². The number of halogens is 3. The van der Waals surface area contributed by atoms with E-state index >= 15 is 0 Å². The van der Waals surface area contributed by atoms with E-state index in [9.17, 15) is 42.9 Å². The largest absolute Gasteiger partial charge is 0.511 e. The van der Waals surface area contributed by atoms with Crippen LogP contribution < -0.4 is 5.73 Å². The van der Waals surface area contributed by atoms with Gasteiger partial charge in [0.25, 0.3) is 5.91 Å². The zero-order valence-electron chi connectivity index (χ0n) is 20.4. The molecule has 3 atom stereocenters. The van der Waals surface area contributed by atoms with E-state index < -0.39 is 75.5 Å². The van der Waals surface area contributed by atoms with Gasteiger partial charge in [-0.05, 0) is 62.2 Å². The molecule has 38 heavy (non-hydrogen) atoms. The number of phenols is 1. The summed E-state index contributed by atoms with van der Waals surface area (Å²) in [6, 6.07) is 1.17. The first-order valence-electron chi connectivity index (χ1n) is 12.6. The maximum atomic E-state index is 14.8. The van der Waals surface area contributed by atoms with Crippen LogP contribution in [0.2, 0.25) is 0 Å². The van der Waals surface area contributed by atoms with Gasteiger partial charge in [-0.3, -0.25) is 19.3 Å². The molecule has 4 aliphatic rings. The first-order valence-corrected chi connectivity index (χ1v) is 12.6. The molecule has 1 aromatic carbocycles. The van der Waals surface area contributed by atoms with Crippen LogP contribution in [0.4, 0.5) is 13.2 Å². The zero-order chi connectivity index (χ0) is 27.5. The predicted octanol–water partition coefficient (Wildman–Crippen LogP) is 3.83. The van der Waals surface area contributed by atoms with Crippen molar-refractivity contribution in [3.63, 3.8) is 0 Å². The number of nitrogens with zero attached hydrogens (tertiary/aromatic N) is 1. The number of carbonyl (C=O) groups is 3. The summed E-state index contributed by atoms with van der Waals surface area (Å²) in [5.74, 6) is -9.12. The number of carbonyl (C=O) groups excluding carboxylic acids is 3. The van der Waals surface area contributed by atoms with Crippen molar-refractivity contribution in [3.8, 4) is 5.75 Å². The number of phenolic OH excluding ortho intramolecular Hbond substituents is 1. The molecule has 0 bridgehead atoms. The van der Waals surface area contributed by atoms with Gasteiger partial charge in [0.05, 0.1) is 11.5 Å². The molecule has 1 aliphatic heterocycles. The molecule has 0 radical (unpaired) electrons. The van der Waals surface area contributed by atoms with Crippen molar-refractivity contribution in [2.75, 3.05) is 13.1 Å². The monoisotopic (exact) mass is 532 g/mol. The minimum absolute atomic E-state index is 0.0626. The van der Waals surface area contributed by atoms with Gasteiger partial charge >= 0.3 is 6.08 Å². The molecule has 3 aliphatic carbocycles. The number of aliphatic hydroxyl groups excluding tert-OH is 2. The molecule has 8 nitrogen and oxygen atoms in total. The van der Waals surface area contributed by atoms with Gasteiger partial charge in [-0.2, -0.15) is 8.78 Å². The number of primary amides is 1. The number of aliphatic hydroxyl groups is 2. The molecule has 1 heterocycles. The molecule has 5 N–H and O–H groups in total. The Morgan fingerprint density at radius 1 is 1.05 bits per heavy atom. The zero-order valence-corrected chi connectivity index (χ0v) is 20.4. The van der Waals surface area contributed by atoms with Crippen molar-refractivity contribution in [2.24, 2.45) is 23.5 Å². The molecule has 2 fully saturated rings. The molecular formula is C27H27F3N2O6. The normalized spacial score (nSPS) is 25.6. The molecule has 3 unspecified atom stereocenters. The third kappa shape index (κ3) is 4.09. The maximum Gasteiger partial charge on any atom is 0.306 e. The Morgan fingerprint density at radius 2 is 1.74 bits per heavy atom. The van der Waals surface area contributed by atoms with Crippen molar-refractivity contribution < 1.29 is 42.9 Å². The van der Waals surface area contributed by atoms with Crippen LogP contribution >= 0.6 is 0 Å². The highest BCUT2D eigenvalue weighted by Gasteiger charge is 2.51. The van der Waals surface area contributed by atoms with Gasteiger partial charge in [0.2, 0.25) is 0 Å². The molecule has 0 spiro atoms. The van der Waals surface area contributed by atoms with E-state index in [2.05, 4.69) is 0 Å². The number of amides is 1. The van der Waals surface area contributed by atoms with Crippen molar-refractivity contribution in [1.29, 1.82) is 0 Å². The number of rotatable bonds is 4. The van der Waals surface area contributed by atoms with Gasteiger partial charge in [0, 0.05) is 29.7 Å². The molecular weight excluding hydrogens is 505 g/mol. The van der Waals surface area contributed by atoms with Crippen LogP contribution in [0, 0.1) is 17.8 Å². The summed E-state index contributed by atoms with van der Waals surface area (Å²) in [6.45, 7) is 1.53. The number of allylic oxidation sites excluding steroid dienone is 2. The SMILES string of the molecule is NC(=O)C1=C(O)C2C(=O)C3=C(O)c4c(O)c(CN5CCCCC5)cc(C(F)=C(F)F)c4CC3CC2CC1=O. The number of piperidine rings is 1. The molecule has 5 rings (SSSR count). The Morgan fingerprint density at radius 3 is 2.37 bits per heavy atom. The summed E-state index contributed by atoms with van der Waals surface area (Å²) < 4.78 is 41.7. The van der Waals surface area contributed by atoms with Gasteiger partial charge in [-0.25, -0.2) is 4.39 Å². The van der Waals surface area contributed by atoms with Crippen molar-refractivity contribution in [3.05, 3.63) is 51.3 Å². The summed E-state index contributed by atoms with van der Waals surface area (Å²) in [7, 11) is 0. The fraction of sp³-hybridized carbons (Fsp3) is 0.444. The number of likely N-dealkylation sites (tertiary alicyclic amines) is 1. The second-order valence-corrected chi connectivity index (χ2v) is 10.4. The second kappa shape index (κ2) is 9.61. The maximum absolute atomic E-state index is 14.8. The number of hydrogen-bond donors (Lipinski definition) is 4. The Kier molecular flexibility index (Phi) is 6.58. The van der Waals surface area contributed by atoms with Gasteiger partial charge < -0.3 is 21.1 Å². The Hall–Kier alpha value is -3.60. The predicted molar refractivity (Wildman–Crippen MR) is 129 cm³/mol. The Balaban J connectivity index is 1.67. The van der Waals surface area contributed by atoms with Crippen molar-refractivity contribution in [1.82, 2.24) is 4.90 Å². The number of ketones is 2. The van der Waals surface area contributed by atoms with Crippen molar-refractivity contribution in [2.45, 2.75) is 45.1 Å². The van der Waals surface area contributed by atoms with Gasteiger partial charge in [0.15, 0.2) is 17.4 Å². The lowest BCUT2D eigenvalue weighted by Crippen LogP contribution is -2.44. The highest BCUT2D eigenvalue weighted by Crippen LogP contribution is 2.52. The van der Waals surface area contributed by atoms with E-state index in [1.807, 2.05) is 4.90 Å². The molecule has 1 saturated carbocycles. The van der Waals surface area contributed by atoms with E-state index in [0.29, 0.717) is 13.1 Å². The van der Waals surface area contributed by atoms with E-state index in [4.69, 9.17) is 5.73 Å². The van der Waals surface area contributed by atoms with E-state index in [1.54, 1.807) is 0 Å². The minimum Gasteiger partial charge on any atom is -0.511 e. The van der Waals surface area contributed by atoms with Crippen LogP contribution in [-0.4, -0.2) is 50.8 Å². The number of hydrogen-bond acceptors (Lipinski definition) is 7. The van der Waals surface area contributed by atoms with E-state index in [0.717, 1.165) is 19.3 Å². The highest BCUT2D eigenvalue weighted by molar-refractivity contribution is 6.21. The Labute approximate surface area is 215 Å². The fourth-order valence-electron chi connectivity index (χ4n) is 6.54. The first kappa shape index (κ1) is 26.0. The lowest BCUT2D eigenvalue weighted by atomic mass is 9.61. The van der Waals surface area contributed by atoms with Crippen LogP contribution in [0.15, 0.2) is 29.1 Å². The Bertz CT molecular complexity index is 1350. The summed E-state index contributed by atoms with van der Waals surface area (Å²) in [5, 5.41) is 33.1. The third-order valence-corrected chi connectivity index (χ3v) is 8.21. The number of benzene rings is 1. The summed E-state index contributed by atoms with van der Waals surface area (Å²) in [6.07, 6.45) is -0.0291. The second-order valence-electron chi connectivity index (χ2n) is 10.4. The van der Waals surface area contributed by atoms with Crippen LogP contribution in [-0.2, 0) is 27.3 Å². The fourth-order valence-corrected chi connectivity index (χ4v) is 6.54. The average molecular weight is 533 g/mol. The third-order valence-electron chi connectivity index (χ3n) is 8.21. The standard InChI is InChI=1S/C27H27F3N2O6/c28-21(26(29)30)15-8-13(10-32-4-2-1-3-5-32)22(34)19-14(15)7-11-6-12-9-16(33)20(27(31)38)25(37)18(12)23(35)17(11)24(19)36/h8,11-12,18,34,36-37H,1-7,9-10H2,(H2,31,38). The van der Waals surface area contributed by atoms with Crippen LogP contribution in [0.25, 0.3) is 11.6 Å². The minimum atomic E-state index is -2.55. The quantitative estimate of drug-likeness (QED) is 0.432. The highest BCUT2D eigenvalue weighted by atomic mass is 19.3. The van der Waals surface area contributed by atoms with Gasteiger partial charge in [0.1, 0.15) is 22.8 Å². The molecule has 1 saturated heterocycles. The molecule has 11 heteroatoms. The lowest BCUT2D eigenvalue weighted by Gasteiger charge is -2.41. The van der Waals surface area contributed by atoms with Crippen LogP contribution in [0.3, 0.4) is 0 Å². The number of fused-ring (bicyclic) bond motifs is 3. The summed E-state index contributed by atoms with van der Waals surface area (Å²) in [5.41, 5.74) is 3.71. The van der Waals surface area contributed by atoms with E-state index in [1.165, 1.54) is 6.07 Å².